The predicted octanol–water partition coefficient (Wildman–Crippen LogP) is 2.12. The Kier molecular flexibility index (Phi) is 6.45. The summed E-state index contributed by atoms with van der Waals surface area (Å²) >= 11 is 1.36. The number of rotatable bonds is 3. The molecule has 1 aromatic carbocycles. The van der Waals surface area contributed by atoms with E-state index in [0.717, 1.165) is 5.69 Å². The van der Waals surface area contributed by atoms with Crippen LogP contribution in [-0.4, -0.2) is 34.5 Å². The smallest absolute Gasteiger partial charge is 0.325 e. The third-order valence-electron chi connectivity index (χ3n) is 2.24. The number of para-hydroxylation sites is 1. The summed E-state index contributed by atoms with van der Waals surface area (Å²) in [4.78, 5) is 20.6. The van der Waals surface area contributed by atoms with E-state index in [1.165, 1.54) is 21.8 Å². The second-order valence-electron chi connectivity index (χ2n) is 4.06. The second-order valence-corrected chi connectivity index (χ2v) is 4.95. The zero-order valence-electron chi connectivity index (χ0n) is 11.1. The van der Waals surface area contributed by atoms with Crippen LogP contribution in [0.5, 0.6) is 0 Å². The van der Waals surface area contributed by atoms with Crippen LogP contribution in [0.2, 0.25) is 0 Å². The molecule has 6 nitrogen and oxygen atoms in total. The maximum Gasteiger partial charge on any atom is 0.325 e. The van der Waals surface area contributed by atoms with Crippen molar-refractivity contribution in [3.05, 3.63) is 41.3 Å². The Morgan fingerprint density at radius 3 is 2.45 bits per heavy atom. The van der Waals surface area contributed by atoms with E-state index in [9.17, 15) is 9.59 Å². The number of anilines is 1. The maximum absolute atomic E-state index is 10.4. The number of aliphatic carboxylic acids is 1. The summed E-state index contributed by atoms with van der Waals surface area (Å²) in [7, 11) is 0. The third kappa shape index (κ3) is 6.14. The first-order valence-electron chi connectivity index (χ1n) is 5.89. The van der Waals surface area contributed by atoms with Crippen LogP contribution >= 0.6 is 11.9 Å². The summed E-state index contributed by atoms with van der Waals surface area (Å²) in [5, 5.41) is 13.0. The van der Waals surface area contributed by atoms with Crippen LogP contribution in [0.3, 0.4) is 0 Å². The molecule has 7 heteroatoms. The van der Waals surface area contributed by atoms with E-state index in [4.69, 9.17) is 10.8 Å². The van der Waals surface area contributed by atoms with Gasteiger partial charge < -0.3 is 16.2 Å². The molecule has 0 aliphatic carbocycles. The van der Waals surface area contributed by atoms with Crippen LogP contribution in [0.1, 0.15) is 6.92 Å². The topological polar surface area (TPSA) is 95.7 Å². The molecule has 0 atom stereocenters. The van der Waals surface area contributed by atoms with Gasteiger partial charge in [-0.2, -0.15) is 0 Å². The molecule has 0 radical (unpaired) electrons. The van der Waals surface area contributed by atoms with E-state index in [-0.39, 0.29) is 12.6 Å². The average molecular weight is 295 g/mol. The number of carbonyl (C=O) groups is 2. The first-order chi connectivity index (χ1) is 9.49. The lowest BCUT2D eigenvalue weighted by Gasteiger charge is -2.08. The van der Waals surface area contributed by atoms with E-state index >= 15 is 0 Å². The minimum absolute atomic E-state index is 0.0377. The fourth-order valence-electron chi connectivity index (χ4n) is 1.32. The molecule has 1 aliphatic rings. The van der Waals surface area contributed by atoms with Crippen molar-refractivity contribution < 1.29 is 14.7 Å². The van der Waals surface area contributed by atoms with Crippen molar-refractivity contribution in [2.24, 2.45) is 5.73 Å². The number of carboxylic acid groups (broad SMARTS) is 1. The summed E-state index contributed by atoms with van der Waals surface area (Å²) in [5.41, 5.74) is 7.00. The van der Waals surface area contributed by atoms with Crippen molar-refractivity contribution in [1.29, 1.82) is 0 Å². The third-order valence-corrected chi connectivity index (χ3v) is 3.31. The number of nitrogens with zero attached hydrogens (tertiary/aromatic N) is 1. The Morgan fingerprint density at radius 2 is 2.05 bits per heavy atom. The largest absolute Gasteiger partial charge is 0.480 e. The van der Waals surface area contributed by atoms with Crippen LogP contribution in [0.15, 0.2) is 41.3 Å². The van der Waals surface area contributed by atoms with E-state index in [1.807, 2.05) is 42.7 Å². The van der Waals surface area contributed by atoms with Crippen LogP contribution in [0.4, 0.5) is 10.5 Å². The van der Waals surface area contributed by atoms with Crippen molar-refractivity contribution in [3.63, 3.8) is 0 Å². The van der Waals surface area contributed by atoms with Gasteiger partial charge in [-0.15, -0.1) is 0 Å². The molecule has 0 fully saturated rings. The summed E-state index contributed by atoms with van der Waals surface area (Å²) in [6.45, 7) is 2.60. The fraction of sp³-hybridized carbons (Fsp3) is 0.231. The molecule has 0 saturated heterocycles. The Bertz CT molecular complexity index is 491. The molecule has 108 valence electrons. The normalized spacial score (nSPS) is 13.1. The Balaban J connectivity index is 0.000000204. The lowest BCUT2D eigenvalue weighted by Crippen LogP contribution is -2.28. The van der Waals surface area contributed by atoms with Gasteiger partial charge in [0.15, 0.2) is 0 Å². The van der Waals surface area contributed by atoms with Gasteiger partial charge in [-0.1, -0.05) is 18.2 Å². The van der Waals surface area contributed by atoms with Crippen molar-refractivity contribution in [3.8, 4) is 0 Å². The molecular formula is C13H17N3O3S. The SMILES string of the molecule is CC1=CSN(C(N)=O)C1.O=C(O)CNc1ccccc1. The van der Waals surface area contributed by atoms with Crippen LogP contribution < -0.4 is 11.1 Å². The zero-order valence-corrected chi connectivity index (χ0v) is 11.9. The van der Waals surface area contributed by atoms with Gasteiger partial charge in [0.1, 0.15) is 6.54 Å². The number of carboxylic acids is 1. The summed E-state index contributed by atoms with van der Waals surface area (Å²) in [5.74, 6) is -0.853. The van der Waals surface area contributed by atoms with Gasteiger partial charge in [-0.3, -0.25) is 9.10 Å². The van der Waals surface area contributed by atoms with Crippen LogP contribution in [-0.2, 0) is 4.79 Å². The maximum atomic E-state index is 10.4. The summed E-state index contributed by atoms with van der Waals surface area (Å²) in [6.07, 6.45) is 0. The molecule has 2 rings (SSSR count). The van der Waals surface area contributed by atoms with Gasteiger partial charge in [0.25, 0.3) is 0 Å². The Morgan fingerprint density at radius 1 is 1.40 bits per heavy atom. The quantitative estimate of drug-likeness (QED) is 0.742. The van der Waals surface area contributed by atoms with E-state index in [1.54, 1.807) is 0 Å². The van der Waals surface area contributed by atoms with E-state index in [2.05, 4.69) is 5.32 Å². The van der Waals surface area contributed by atoms with Gasteiger partial charge >= 0.3 is 12.0 Å². The predicted molar refractivity (Wildman–Crippen MR) is 80.2 cm³/mol. The highest BCUT2D eigenvalue weighted by Gasteiger charge is 2.14. The Hall–Kier alpha value is -2.15. The van der Waals surface area contributed by atoms with Gasteiger partial charge in [0, 0.05) is 5.69 Å². The first kappa shape index (κ1) is 15.9. The van der Waals surface area contributed by atoms with Crippen LogP contribution in [0.25, 0.3) is 0 Å². The number of nitrogens with two attached hydrogens (primary N) is 1. The molecule has 1 aromatic rings. The second kappa shape index (κ2) is 8.11. The highest BCUT2D eigenvalue weighted by atomic mass is 32.2. The lowest BCUT2D eigenvalue weighted by molar-refractivity contribution is -0.134. The standard InChI is InChI=1S/C8H9NO2.C5H8N2OS/c10-8(11)6-9-7-4-2-1-3-5-7;1-4-2-7(5(6)8)9-3-4/h1-5,9H,6H2,(H,10,11);3H,2H2,1H3,(H2,6,8). The molecule has 0 bridgehead atoms. The van der Waals surface area contributed by atoms with Crippen LogP contribution in [0, 0.1) is 0 Å². The monoisotopic (exact) mass is 295 g/mol. The number of primary amides is 1. The molecule has 0 saturated carbocycles. The highest BCUT2D eigenvalue weighted by molar-refractivity contribution is 8.00. The average Bonchev–Trinajstić information content (AvgIpc) is 2.85. The van der Waals surface area contributed by atoms with Crippen molar-refractivity contribution in [2.45, 2.75) is 6.92 Å². The molecule has 0 spiro atoms. The zero-order chi connectivity index (χ0) is 15.0. The first-order valence-corrected chi connectivity index (χ1v) is 6.73. The van der Waals surface area contributed by atoms with Crippen molar-refractivity contribution in [2.75, 3.05) is 18.4 Å². The van der Waals surface area contributed by atoms with Gasteiger partial charge in [0.05, 0.1) is 6.54 Å². The molecule has 1 heterocycles. The molecule has 0 aromatic heterocycles. The fourth-order valence-corrected chi connectivity index (χ4v) is 2.08. The minimum atomic E-state index is -0.853. The molecule has 20 heavy (non-hydrogen) atoms. The van der Waals surface area contributed by atoms with Gasteiger partial charge in [-0.25, -0.2) is 4.79 Å². The minimum Gasteiger partial charge on any atom is -0.480 e. The van der Waals surface area contributed by atoms with Gasteiger partial charge in [0.2, 0.25) is 0 Å². The van der Waals surface area contributed by atoms with Crippen molar-refractivity contribution >= 4 is 29.6 Å². The molecule has 1 aliphatic heterocycles. The van der Waals surface area contributed by atoms with E-state index < -0.39 is 5.97 Å². The number of nitrogens with one attached hydrogen (secondary N) is 1. The number of carbonyl (C=O) groups excluding carboxylic acids is 1. The summed E-state index contributed by atoms with van der Waals surface area (Å²) in [6, 6.07) is 8.86. The number of hydrogen-bond donors (Lipinski definition) is 3. The number of hydrogen-bond acceptors (Lipinski definition) is 4. The highest BCUT2D eigenvalue weighted by Crippen LogP contribution is 2.22. The Labute approximate surface area is 121 Å². The number of amides is 2. The number of urea groups is 1. The molecule has 2 amide bonds. The molecule has 0 unspecified atom stereocenters. The molecule has 4 N–H and O–H groups in total. The molecular weight excluding hydrogens is 278 g/mol. The lowest BCUT2D eigenvalue weighted by atomic mass is 10.3. The van der Waals surface area contributed by atoms with E-state index in [0.29, 0.717) is 6.54 Å². The summed E-state index contributed by atoms with van der Waals surface area (Å²) < 4.78 is 1.51. The van der Waals surface area contributed by atoms with Gasteiger partial charge in [-0.05, 0) is 42.0 Å². The number of benzene rings is 1. The van der Waals surface area contributed by atoms with Crippen molar-refractivity contribution in [1.82, 2.24) is 4.31 Å².